The van der Waals surface area contributed by atoms with Crippen molar-refractivity contribution in [2.24, 2.45) is 4.99 Å². The number of hydrogen-bond acceptors (Lipinski definition) is 3. The van der Waals surface area contributed by atoms with Crippen LogP contribution in [0.2, 0.25) is 0 Å². The molecule has 22 heavy (non-hydrogen) atoms. The molecule has 1 heterocycles. The molecular formula is C16H24FN3OS. The van der Waals surface area contributed by atoms with Crippen LogP contribution >= 0.6 is 11.8 Å². The first-order chi connectivity index (χ1) is 10.7. The van der Waals surface area contributed by atoms with Crippen molar-refractivity contribution in [3.05, 3.63) is 35.1 Å². The zero-order chi connectivity index (χ0) is 15.8. The van der Waals surface area contributed by atoms with Crippen molar-refractivity contribution in [2.75, 3.05) is 26.5 Å². The number of nitrogens with one attached hydrogen (secondary N) is 2. The fraction of sp³-hybridized carbons (Fsp3) is 0.562. The summed E-state index contributed by atoms with van der Waals surface area (Å²) in [7, 11) is 3.33. The van der Waals surface area contributed by atoms with E-state index in [9.17, 15) is 4.39 Å². The van der Waals surface area contributed by atoms with Crippen LogP contribution in [0.1, 0.15) is 24.0 Å². The van der Waals surface area contributed by atoms with Crippen molar-refractivity contribution in [3.8, 4) is 0 Å². The van der Waals surface area contributed by atoms with Crippen LogP contribution in [-0.2, 0) is 17.9 Å². The van der Waals surface area contributed by atoms with E-state index in [4.69, 9.17) is 4.74 Å². The van der Waals surface area contributed by atoms with Crippen LogP contribution < -0.4 is 10.6 Å². The Morgan fingerprint density at radius 2 is 2.32 bits per heavy atom. The molecule has 1 aromatic carbocycles. The molecule has 0 bridgehead atoms. The van der Waals surface area contributed by atoms with Crippen LogP contribution in [0.15, 0.2) is 23.2 Å². The molecule has 1 atom stereocenters. The van der Waals surface area contributed by atoms with Gasteiger partial charge < -0.3 is 15.4 Å². The van der Waals surface area contributed by atoms with Gasteiger partial charge in [-0.25, -0.2) is 4.39 Å². The molecule has 0 aromatic heterocycles. The molecule has 0 spiro atoms. The van der Waals surface area contributed by atoms with Gasteiger partial charge in [-0.3, -0.25) is 4.99 Å². The van der Waals surface area contributed by atoms with Crippen molar-refractivity contribution >= 4 is 17.7 Å². The highest BCUT2D eigenvalue weighted by atomic mass is 32.2. The Balaban J connectivity index is 1.83. The highest BCUT2D eigenvalue weighted by Gasteiger charge is 2.15. The summed E-state index contributed by atoms with van der Waals surface area (Å²) in [5.41, 5.74) is 1.58. The Labute approximate surface area is 135 Å². The molecule has 0 saturated carbocycles. The van der Waals surface area contributed by atoms with Crippen molar-refractivity contribution in [2.45, 2.75) is 31.2 Å². The van der Waals surface area contributed by atoms with Gasteiger partial charge in [0, 0.05) is 38.1 Å². The smallest absolute Gasteiger partial charge is 0.191 e. The third-order valence-electron chi connectivity index (χ3n) is 3.61. The van der Waals surface area contributed by atoms with E-state index in [2.05, 4.69) is 15.6 Å². The second-order valence-electron chi connectivity index (χ2n) is 5.30. The highest BCUT2D eigenvalue weighted by molar-refractivity contribution is 8.00. The minimum atomic E-state index is -0.230. The molecule has 1 aliphatic rings. The first-order valence-corrected chi connectivity index (χ1v) is 8.60. The minimum absolute atomic E-state index is 0.230. The molecule has 0 amide bonds. The second-order valence-corrected chi connectivity index (χ2v) is 6.71. The predicted molar refractivity (Wildman–Crippen MR) is 90.8 cm³/mol. The summed E-state index contributed by atoms with van der Waals surface area (Å²) in [5, 5.41) is 7.30. The normalized spacial score (nSPS) is 18.5. The first kappa shape index (κ1) is 17.1. The molecule has 0 aliphatic carbocycles. The van der Waals surface area contributed by atoms with Crippen molar-refractivity contribution in [1.29, 1.82) is 0 Å². The van der Waals surface area contributed by atoms with Crippen LogP contribution in [0.5, 0.6) is 0 Å². The average molecular weight is 325 g/mol. The zero-order valence-electron chi connectivity index (χ0n) is 13.2. The standard InChI is InChI=1S/C16H24FN3OS/c1-18-16(20-10-14-4-3-7-22-14)19-9-12-5-6-15(17)13(8-12)11-21-2/h5-6,8,14H,3-4,7,9-11H2,1-2H3,(H2,18,19,20). The summed E-state index contributed by atoms with van der Waals surface area (Å²) in [6.07, 6.45) is 2.58. The summed E-state index contributed by atoms with van der Waals surface area (Å²) < 4.78 is 18.6. The Kier molecular flexibility index (Phi) is 6.99. The summed E-state index contributed by atoms with van der Waals surface area (Å²) in [5.74, 6) is 1.81. The van der Waals surface area contributed by atoms with Gasteiger partial charge in [-0.2, -0.15) is 11.8 Å². The molecule has 1 unspecified atom stereocenters. The molecule has 1 aliphatic heterocycles. The van der Waals surface area contributed by atoms with Crippen LogP contribution in [0.25, 0.3) is 0 Å². The summed E-state index contributed by atoms with van der Waals surface area (Å²) in [4.78, 5) is 4.23. The van der Waals surface area contributed by atoms with E-state index < -0.39 is 0 Å². The van der Waals surface area contributed by atoms with E-state index in [-0.39, 0.29) is 12.4 Å². The lowest BCUT2D eigenvalue weighted by Crippen LogP contribution is -2.39. The van der Waals surface area contributed by atoms with Gasteiger partial charge in [-0.1, -0.05) is 6.07 Å². The van der Waals surface area contributed by atoms with Gasteiger partial charge in [-0.05, 0) is 36.3 Å². The van der Waals surface area contributed by atoms with E-state index >= 15 is 0 Å². The van der Waals surface area contributed by atoms with E-state index in [1.54, 1.807) is 20.2 Å². The molecule has 2 N–H and O–H groups in total. The molecule has 0 radical (unpaired) electrons. The monoisotopic (exact) mass is 325 g/mol. The number of methoxy groups -OCH3 is 1. The zero-order valence-corrected chi connectivity index (χ0v) is 14.0. The molecule has 1 saturated heterocycles. The van der Waals surface area contributed by atoms with Gasteiger partial charge in [0.05, 0.1) is 6.61 Å². The van der Waals surface area contributed by atoms with Crippen LogP contribution in [0.4, 0.5) is 4.39 Å². The summed E-state index contributed by atoms with van der Waals surface area (Å²) in [6, 6.07) is 5.09. The maximum Gasteiger partial charge on any atom is 0.191 e. The molecule has 1 aromatic rings. The van der Waals surface area contributed by atoms with Crippen LogP contribution in [0, 0.1) is 5.82 Å². The lowest BCUT2D eigenvalue weighted by molar-refractivity contribution is 0.181. The molecule has 122 valence electrons. The van der Waals surface area contributed by atoms with Crippen molar-refractivity contribution in [1.82, 2.24) is 10.6 Å². The molecule has 2 rings (SSSR count). The number of halogens is 1. The third kappa shape index (κ3) is 5.18. The van der Waals surface area contributed by atoms with Crippen LogP contribution in [0.3, 0.4) is 0 Å². The van der Waals surface area contributed by atoms with Gasteiger partial charge in [0.2, 0.25) is 0 Å². The first-order valence-electron chi connectivity index (χ1n) is 7.55. The lowest BCUT2D eigenvalue weighted by atomic mass is 10.1. The van der Waals surface area contributed by atoms with Crippen LogP contribution in [-0.4, -0.2) is 37.7 Å². The van der Waals surface area contributed by atoms with Gasteiger partial charge in [0.1, 0.15) is 5.82 Å². The Morgan fingerprint density at radius 3 is 3.00 bits per heavy atom. The topological polar surface area (TPSA) is 45.7 Å². The summed E-state index contributed by atoms with van der Waals surface area (Å²) in [6.45, 7) is 1.82. The largest absolute Gasteiger partial charge is 0.380 e. The maximum absolute atomic E-state index is 13.6. The number of aliphatic imine (C=N–C) groups is 1. The second kappa shape index (κ2) is 9.00. The van der Waals surface area contributed by atoms with Gasteiger partial charge in [-0.15, -0.1) is 0 Å². The fourth-order valence-electron chi connectivity index (χ4n) is 2.43. The maximum atomic E-state index is 13.6. The molecule has 4 nitrogen and oxygen atoms in total. The van der Waals surface area contributed by atoms with Gasteiger partial charge >= 0.3 is 0 Å². The van der Waals surface area contributed by atoms with E-state index in [1.165, 1.54) is 24.7 Å². The SMILES string of the molecule is CN=C(NCc1ccc(F)c(COC)c1)NCC1CCCS1. The molecular weight excluding hydrogens is 301 g/mol. The lowest BCUT2D eigenvalue weighted by Gasteiger charge is -2.15. The number of hydrogen-bond donors (Lipinski definition) is 2. The quantitative estimate of drug-likeness (QED) is 0.623. The number of nitrogens with zero attached hydrogens (tertiary/aromatic N) is 1. The van der Waals surface area contributed by atoms with Gasteiger partial charge in [0.15, 0.2) is 5.96 Å². The van der Waals surface area contributed by atoms with E-state index in [0.29, 0.717) is 17.4 Å². The average Bonchev–Trinajstić information content (AvgIpc) is 3.04. The predicted octanol–water partition coefficient (Wildman–Crippen LogP) is 2.53. The number of guanidine groups is 1. The minimum Gasteiger partial charge on any atom is -0.380 e. The van der Waals surface area contributed by atoms with Gasteiger partial charge in [0.25, 0.3) is 0 Å². The van der Waals surface area contributed by atoms with E-state index in [0.717, 1.165) is 18.1 Å². The Morgan fingerprint density at radius 1 is 1.45 bits per heavy atom. The number of ether oxygens (including phenoxy) is 1. The molecule has 1 fully saturated rings. The van der Waals surface area contributed by atoms with E-state index in [1.807, 2.05) is 17.8 Å². The number of rotatable bonds is 6. The highest BCUT2D eigenvalue weighted by Crippen LogP contribution is 2.25. The number of benzene rings is 1. The van der Waals surface area contributed by atoms with Crippen molar-refractivity contribution < 1.29 is 9.13 Å². The third-order valence-corrected chi connectivity index (χ3v) is 5.01. The Hall–Kier alpha value is -1.27. The van der Waals surface area contributed by atoms with Crippen molar-refractivity contribution in [3.63, 3.8) is 0 Å². The Bertz CT molecular complexity index is 504. The fourth-order valence-corrected chi connectivity index (χ4v) is 3.63. The number of thioether (sulfide) groups is 1. The molecule has 6 heteroatoms. The summed E-state index contributed by atoms with van der Waals surface area (Å²) >= 11 is 2.02.